The molecule has 1 aromatic rings. The van der Waals surface area contributed by atoms with Crippen molar-refractivity contribution < 1.29 is 13.9 Å². The van der Waals surface area contributed by atoms with Crippen molar-refractivity contribution in [3.8, 4) is 0 Å². The van der Waals surface area contributed by atoms with E-state index in [1.807, 2.05) is 0 Å². The van der Waals surface area contributed by atoms with E-state index in [4.69, 9.17) is 4.74 Å². The average molecular weight is 236 g/mol. The summed E-state index contributed by atoms with van der Waals surface area (Å²) in [6, 6.07) is 2.74. The monoisotopic (exact) mass is 236 g/mol. The predicted molar refractivity (Wildman–Crippen MR) is 58.8 cm³/mol. The topological polar surface area (TPSA) is 51.2 Å². The fraction of sp³-hybridized carbons (Fsp3) is 0.500. The molecule has 1 N–H and O–H groups in total. The van der Waals surface area contributed by atoms with E-state index >= 15 is 0 Å². The highest BCUT2D eigenvalue weighted by atomic mass is 19.1. The molecule has 2 aliphatic rings. The largest absolute Gasteiger partial charge is 0.377 e. The van der Waals surface area contributed by atoms with Crippen LogP contribution in [-0.4, -0.2) is 23.6 Å². The molecule has 17 heavy (non-hydrogen) atoms. The van der Waals surface area contributed by atoms with Gasteiger partial charge in [0.05, 0.1) is 23.9 Å². The first kappa shape index (κ1) is 10.7. The zero-order valence-electron chi connectivity index (χ0n) is 9.23. The minimum atomic E-state index is -0.550. The van der Waals surface area contributed by atoms with Gasteiger partial charge < -0.3 is 10.1 Å². The molecule has 4 nitrogen and oxygen atoms in total. The van der Waals surface area contributed by atoms with Crippen molar-refractivity contribution in [2.45, 2.75) is 18.9 Å². The predicted octanol–water partition coefficient (Wildman–Crippen LogP) is 1.58. The highest BCUT2D eigenvalue weighted by Crippen LogP contribution is 2.48. The van der Waals surface area contributed by atoms with Crippen molar-refractivity contribution >= 4 is 11.6 Å². The number of anilines is 1. The summed E-state index contributed by atoms with van der Waals surface area (Å²) in [7, 11) is 0. The Kier molecular flexibility index (Phi) is 2.55. The molecule has 90 valence electrons. The lowest BCUT2D eigenvalue weighted by atomic mass is 10.2. The second kappa shape index (κ2) is 4.07. The first-order valence-electron chi connectivity index (χ1n) is 5.80. The SMILES string of the molecule is O=C(Nc1ccc(F)nc1)[C@@H]1[C@H]2CCCO[C@H]21. The van der Waals surface area contributed by atoms with Crippen LogP contribution in [0, 0.1) is 17.8 Å². The lowest BCUT2D eigenvalue weighted by Crippen LogP contribution is -2.16. The Morgan fingerprint density at radius 3 is 3.06 bits per heavy atom. The van der Waals surface area contributed by atoms with Gasteiger partial charge in [0.15, 0.2) is 0 Å². The number of carbonyl (C=O) groups is 1. The number of nitrogens with zero attached hydrogens (tertiary/aromatic N) is 1. The molecule has 2 fully saturated rings. The third-order valence-corrected chi connectivity index (χ3v) is 3.39. The highest BCUT2D eigenvalue weighted by Gasteiger charge is 2.56. The number of amides is 1. The molecular weight excluding hydrogens is 223 g/mol. The van der Waals surface area contributed by atoms with Crippen LogP contribution in [0.15, 0.2) is 18.3 Å². The molecule has 1 saturated heterocycles. The van der Waals surface area contributed by atoms with E-state index in [1.54, 1.807) is 0 Å². The molecule has 3 rings (SSSR count). The fourth-order valence-electron chi connectivity index (χ4n) is 2.47. The van der Waals surface area contributed by atoms with Crippen molar-refractivity contribution in [2.24, 2.45) is 11.8 Å². The van der Waals surface area contributed by atoms with Gasteiger partial charge in [0.25, 0.3) is 0 Å². The summed E-state index contributed by atoms with van der Waals surface area (Å²) in [6.07, 6.45) is 3.50. The molecular formula is C12H13FN2O2. The summed E-state index contributed by atoms with van der Waals surface area (Å²) in [5, 5.41) is 2.74. The molecule has 5 heteroatoms. The second-order valence-electron chi connectivity index (χ2n) is 4.53. The van der Waals surface area contributed by atoms with Crippen molar-refractivity contribution in [3.05, 3.63) is 24.3 Å². The van der Waals surface area contributed by atoms with E-state index in [-0.39, 0.29) is 17.9 Å². The average Bonchev–Trinajstić information content (AvgIpc) is 3.06. The summed E-state index contributed by atoms with van der Waals surface area (Å²) in [4.78, 5) is 15.4. The van der Waals surface area contributed by atoms with Gasteiger partial charge >= 0.3 is 0 Å². The number of carbonyl (C=O) groups excluding carboxylic acids is 1. The van der Waals surface area contributed by atoms with Crippen LogP contribution in [0.3, 0.4) is 0 Å². The number of ether oxygens (including phenoxy) is 1. The van der Waals surface area contributed by atoms with Crippen LogP contribution >= 0.6 is 0 Å². The first-order chi connectivity index (χ1) is 8.25. The van der Waals surface area contributed by atoms with Gasteiger partial charge in [-0.05, 0) is 25.0 Å². The third kappa shape index (κ3) is 2.02. The van der Waals surface area contributed by atoms with Gasteiger partial charge in [0, 0.05) is 12.5 Å². The lowest BCUT2D eigenvalue weighted by Gasteiger charge is -2.07. The maximum Gasteiger partial charge on any atom is 0.230 e. The number of hydrogen-bond donors (Lipinski definition) is 1. The smallest absolute Gasteiger partial charge is 0.230 e. The zero-order valence-corrected chi connectivity index (χ0v) is 9.23. The number of hydrogen-bond acceptors (Lipinski definition) is 3. The highest BCUT2D eigenvalue weighted by molar-refractivity contribution is 5.95. The summed E-state index contributed by atoms with van der Waals surface area (Å²) in [5.74, 6) is -0.263. The summed E-state index contributed by atoms with van der Waals surface area (Å²) in [5.41, 5.74) is 0.528. The van der Waals surface area contributed by atoms with Crippen LogP contribution in [0.2, 0.25) is 0 Å². The van der Waals surface area contributed by atoms with Gasteiger partial charge in [-0.3, -0.25) is 4.79 Å². The Bertz CT molecular complexity index is 423. The van der Waals surface area contributed by atoms with Crippen molar-refractivity contribution in [1.29, 1.82) is 0 Å². The van der Waals surface area contributed by atoms with Crippen LogP contribution in [-0.2, 0) is 9.53 Å². The van der Waals surface area contributed by atoms with E-state index in [2.05, 4.69) is 10.3 Å². The van der Waals surface area contributed by atoms with Crippen LogP contribution in [0.4, 0.5) is 10.1 Å². The number of pyridine rings is 1. The van der Waals surface area contributed by atoms with E-state index < -0.39 is 5.95 Å². The van der Waals surface area contributed by atoms with Crippen molar-refractivity contribution in [2.75, 3.05) is 11.9 Å². The molecule has 0 radical (unpaired) electrons. The Labute approximate surface area is 98.2 Å². The van der Waals surface area contributed by atoms with Gasteiger partial charge in [-0.1, -0.05) is 0 Å². The quantitative estimate of drug-likeness (QED) is 0.793. The maximum absolute atomic E-state index is 12.6. The lowest BCUT2D eigenvalue weighted by molar-refractivity contribution is -0.118. The van der Waals surface area contributed by atoms with Gasteiger partial charge in [-0.2, -0.15) is 4.39 Å². The zero-order chi connectivity index (χ0) is 11.8. The van der Waals surface area contributed by atoms with Gasteiger partial charge in [0.2, 0.25) is 11.9 Å². The maximum atomic E-state index is 12.6. The molecule has 0 aromatic carbocycles. The molecule has 1 aliphatic heterocycles. The van der Waals surface area contributed by atoms with Crippen LogP contribution in [0.5, 0.6) is 0 Å². The fourth-order valence-corrected chi connectivity index (χ4v) is 2.47. The van der Waals surface area contributed by atoms with Gasteiger partial charge in [-0.25, -0.2) is 4.98 Å². The first-order valence-corrected chi connectivity index (χ1v) is 5.80. The molecule has 1 aromatic heterocycles. The summed E-state index contributed by atoms with van der Waals surface area (Å²) in [6.45, 7) is 0.753. The Morgan fingerprint density at radius 2 is 2.41 bits per heavy atom. The number of nitrogens with one attached hydrogen (secondary N) is 1. The summed E-state index contributed by atoms with van der Waals surface area (Å²) < 4.78 is 18.1. The molecule has 1 amide bonds. The second-order valence-corrected chi connectivity index (χ2v) is 4.53. The van der Waals surface area contributed by atoms with E-state index in [0.29, 0.717) is 11.6 Å². The van der Waals surface area contributed by atoms with Crippen molar-refractivity contribution in [1.82, 2.24) is 4.98 Å². The molecule has 1 saturated carbocycles. The number of halogens is 1. The number of aromatic nitrogens is 1. The normalized spacial score (nSPS) is 30.5. The van der Waals surface area contributed by atoms with Crippen LogP contribution < -0.4 is 5.32 Å². The molecule has 1 aliphatic carbocycles. The van der Waals surface area contributed by atoms with Crippen molar-refractivity contribution in [3.63, 3.8) is 0 Å². The third-order valence-electron chi connectivity index (χ3n) is 3.39. The Hall–Kier alpha value is -1.49. The van der Waals surface area contributed by atoms with Crippen LogP contribution in [0.1, 0.15) is 12.8 Å². The molecule has 0 bridgehead atoms. The molecule has 3 atom stereocenters. The minimum Gasteiger partial charge on any atom is -0.377 e. The van der Waals surface area contributed by atoms with Gasteiger partial charge in [-0.15, -0.1) is 0 Å². The van der Waals surface area contributed by atoms with E-state index in [1.165, 1.54) is 18.3 Å². The summed E-state index contributed by atoms with van der Waals surface area (Å²) >= 11 is 0. The Balaban J connectivity index is 1.62. The van der Waals surface area contributed by atoms with Crippen LogP contribution in [0.25, 0.3) is 0 Å². The molecule has 2 heterocycles. The molecule has 0 unspecified atom stereocenters. The van der Waals surface area contributed by atoms with Gasteiger partial charge in [0.1, 0.15) is 0 Å². The van der Waals surface area contributed by atoms with E-state index in [9.17, 15) is 9.18 Å². The molecule has 0 spiro atoms. The number of rotatable bonds is 2. The minimum absolute atomic E-state index is 0.0393. The standard InChI is InChI=1S/C12H13FN2O2/c13-9-4-3-7(6-14-9)15-12(16)10-8-2-1-5-17-11(8)10/h3-4,6,8,10-11H,1-2,5H2,(H,15,16)/t8-,10-,11-/m1/s1. The number of fused-ring (bicyclic) bond motifs is 1. The van der Waals surface area contributed by atoms with E-state index in [0.717, 1.165) is 19.4 Å². The Morgan fingerprint density at radius 1 is 1.53 bits per heavy atom.